The zero-order valence-corrected chi connectivity index (χ0v) is 11.8. The van der Waals surface area contributed by atoms with Crippen molar-refractivity contribution in [2.24, 2.45) is 11.8 Å². The Bertz CT molecular complexity index is 189. The molecule has 2 atom stereocenters. The Kier molecular flexibility index (Phi) is 7.65. The van der Waals surface area contributed by atoms with Crippen LogP contribution in [0.4, 0.5) is 0 Å². The summed E-state index contributed by atoms with van der Waals surface area (Å²) < 4.78 is 0. The number of carbonyl (C=O) groups excluding carboxylic acids is 1. The van der Waals surface area contributed by atoms with Crippen molar-refractivity contribution >= 4 is 5.78 Å². The second-order valence-corrected chi connectivity index (χ2v) is 5.60. The van der Waals surface area contributed by atoms with Gasteiger partial charge >= 0.3 is 0 Å². The molecule has 0 fully saturated rings. The van der Waals surface area contributed by atoms with E-state index in [0.29, 0.717) is 30.2 Å². The second kappa shape index (κ2) is 7.83. The highest BCUT2D eigenvalue weighted by Crippen LogP contribution is 2.16. The van der Waals surface area contributed by atoms with Crippen molar-refractivity contribution < 1.29 is 4.79 Å². The lowest BCUT2D eigenvalue weighted by Gasteiger charge is -2.25. The van der Waals surface area contributed by atoms with E-state index in [1.54, 1.807) is 0 Å². The maximum Gasteiger partial charge on any atom is 0.135 e. The molecule has 0 aliphatic carbocycles. The zero-order valence-electron chi connectivity index (χ0n) is 11.8. The van der Waals surface area contributed by atoms with Gasteiger partial charge in [0.25, 0.3) is 0 Å². The molecule has 1 N–H and O–H groups in total. The Morgan fingerprint density at radius 2 is 1.62 bits per heavy atom. The predicted molar refractivity (Wildman–Crippen MR) is 70.6 cm³/mol. The summed E-state index contributed by atoms with van der Waals surface area (Å²) in [4.78, 5) is 11.6. The van der Waals surface area contributed by atoms with E-state index < -0.39 is 0 Å². The van der Waals surface area contributed by atoms with Crippen molar-refractivity contribution in [3.63, 3.8) is 0 Å². The van der Waals surface area contributed by atoms with Crippen LogP contribution in [0.2, 0.25) is 0 Å². The van der Waals surface area contributed by atoms with Crippen LogP contribution in [0.25, 0.3) is 0 Å². The Labute approximate surface area is 101 Å². The van der Waals surface area contributed by atoms with E-state index >= 15 is 0 Å². The van der Waals surface area contributed by atoms with Gasteiger partial charge in [0.15, 0.2) is 0 Å². The molecular formula is C14H29NO. The summed E-state index contributed by atoms with van der Waals surface area (Å²) in [6.07, 6.45) is 2.79. The lowest BCUT2D eigenvalue weighted by Crippen LogP contribution is -2.37. The first kappa shape index (κ1) is 15.6. The molecule has 0 radical (unpaired) electrons. The number of rotatable bonds is 8. The minimum Gasteiger partial charge on any atom is -0.312 e. The Morgan fingerprint density at radius 1 is 1.06 bits per heavy atom. The third kappa shape index (κ3) is 7.00. The first-order valence-electron chi connectivity index (χ1n) is 6.65. The van der Waals surface area contributed by atoms with Crippen LogP contribution in [-0.2, 0) is 4.79 Å². The summed E-state index contributed by atoms with van der Waals surface area (Å²) in [6.45, 7) is 12.8. The van der Waals surface area contributed by atoms with E-state index in [0.717, 1.165) is 12.8 Å². The van der Waals surface area contributed by atoms with Crippen LogP contribution >= 0.6 is 0 Å². The minimum absolute atomic E-state index is 0.194. The predicted octanol–water partition coefficient (Wildman–Crippen LogP) is 3.40. The fraction of sp³-hybridized carbons (Fsp3) is 0.929. The van der Waals surface area contributed by atoms with Gasteiger partial charge in [-0.3, -0.25) is 4.79 Å². The van der Waals surface area contributed by atoms with Crippen molar-refractivity contribution in [3.05, 3.63) is 0 Å². The van der Waals surface area contributed by atoms with Gasteiger partial charge in [-0.05, 0) is 18.8 Å². The molecule has 2 heteroatoms. The van der Waals surface area contributed by atoms with E-state index in [1.165, 1.54) is 0 Å². The topological polar surface area (TPSA) is 29.1 Å². The SMILES string of the molecule is CCC(=O)C(C)C[C@@H](CC(C)C)NC(C)C. The van der Waals surface area contributed by atoms with Crippen molar-refractivity contribution in [2.75, 3.05) is 0 Å². The molecule has 0 aromatic rings. The monoisotopic (exact) mass is 227 g/mol. The summed E-state index contributed by atoms with van der Waals surface area (Å²) in [5.41, 5.74) is 0. The Morgan fingerprint density at radius 3 is 2.00 bits per heavy atom. The lowest BCUT2D eigenvalue weighted by molar-refractivity contribution is -0.122. The summed E-state index contributed by atoms with van der Waals surface area (Å²) in [6, 6.07) is 0.971. The maximum atomic E-state index is 11.6. The fourth-order valence-corrected chi connectivity index (χ4v) is 2.18. The molecule has 0 amide bonds. The van der Waals surface area contributed by atoms with Crippen LogP contribution in [0.5, 0.6) is 0 Å². The summed E-state index contributed by atoms with van der Waals surface area (Å²) >= 11 is 0. The molecule has 0 heterocycles. The molecule has 0 aromatic heterocycles. The smallest absolute Gasteiger partial charge is 0.135 e. The molecule has 0 saturated heterocycles. The average Bonchev–Trinajstić information content (AvgIpc) is 2.14. The standard InChI is InChI=1S/C14H29NO/c1-7-14(16)12(6)9-13(8-10(2)3)15-11(4)5/h10-13,15H,7-9H2,1-6H3/t12?,13-/m1/s1. The molecule has 2 nitrogen and oxygen atoms in total. The van der Waals surface area contributed by atoms with Crippen molar-refractivity contribution in [1.29, 1.82) is 0 Å². The van der Waals surface area contributed by atoms with Gasteiger partial charge < -0.3 is 5.32 Å². The zero-order chi connectivity index (χ0) is 12.7. The lowest BCUT2D eigenvalue weighted by atomic mass is 9.91. The normalized spacial score (nSPS) is 15.5. The number of Topliss-reactive ketones (excluding diaryl/α,β-unsaturated/α-hetero) is 1. The van der Waals surface area contributed by atoms with Crippen LogP contribution in [0.3, 0.4) is 0 Å². The number of nitrogens with one attached hydrogen (secondary N) is 1. The highest BCUT2D eigenvalue weighted by molar-refractivity contribution is 5.80. The number of hydrogen-bond acceptors (Lipinski definition) is 2. The molecule has 16 heavy (non-hydrogen) atoms. The van der Waals surface area contributed by atoms with Gasteiger partial charge in [0.05, 0.1) is 0 Å². The van der Waals surface area contributed by atoms with Gasteiger partial charge in [-0.25, -0.2) is 0 Å². The van der Waals surface area contributed by atoms with Gasteiger partial charge in [-0.2, -0.15) is 0 Å². The van der Waals surface area contributed by atoms with Gasteiger partial charge in [-0.1, -0.05) is 41.5 Å². The Hall–Kier alpha value is -0.370. The molecular weight excluding hydrogens is 198 g/mol. The van der Waals surface area contributed by atoms with Crippen LogP contribution in [0.15, 0.2) is 0 Å². The maximum absolute atomic E-state index is 11.6. The molecule has 0 aliphatic heterocycles. The second-order valence-electron chi connectivity index (χ2n) is 5.60. The first-order valence-corrected chi connectivity index (χ1v) is 6.65. The summed E-state index contributed by atoms with van der Waals surface area (Å²) in [7, 11) is 0. The quantitative estimate of drug-likeness (QED) is 0.688. The van der Waals surface area contributed by atoms with Crippen LogP contribution in [-0.4, -0.2) is 17.9 Å². The van der Waals surface area contributed by atoms with E-state index in [9.17, 15) is 4.79 Å². The molecule has 0 aliphatic rings. The average molecular weight is 227 g/mol. The van der Waals surface area contributed by atoms with Crippen molar-refractivity contribution in [2.45, 2.75) is 72.9 Å². The third-order valence-corrected chi connectivity index (χ3v) is 2.86. The highest BCUT2D eigenvalue weighted by Gasteiger charge is 2.19. The van der Waals surface area contributed by atoms with Gasteiger partial charge in [-0.15, -0.1) is 0 Å². The molecule has 0 rings (SSSR count). The molecule has 0 aromatic carbocycles. The van der Waals surface area contributed by atoms with Gasteiger partial charge in [0, 0.05) is 24.4 Å². The van der Waals surface area contributed by atoms with Crippen molar-refractivity contribution in [1.82, 2.24) is 5.32 Å². The van der Waals surface area contributed by atoms with Crippen LogP contribution in [0, 0.1) is 11.8 Å². The van der Waals surface area contributed by atoms with E-state index in [4.69, 9.17) is 0 Å². The largest absolute Gasteiger partial charge is 0.312 e. The summed E-state index contributed by atoms with van der Waals surface area (Å²) in [5.74, 6) is 1.26. The van der Waals surface area contributed by atoms with Crippen LogP contribution in [0.1, 0.15) is 60.8 Å². The van der Waals surface area contributed by atoms with E-state index in [2.05, 4.69) is 39.9 Å². The first-order chi connectivity index (χ1) is 7.36. The molecule has 96 valence electrons. The minimum atomic E-state index is 0.194. The number of carbonyl (C=O) groups is 1. The van der Waals surface area contributed by atoms with E-state index in [1.807, 2.05) is 6.92 Å². The molecule has 0 bridgehead atoms. The fourth-order valence-electron chi connectivity index (χ4n) is 2.18. The van der Waals surface area contributed by atoms with Crippen LogP contribution < -0.4 is 5.32 Å². The third-order valence-electron chi connectivity index (χ3n) is 2.86. The van der Waals surface area contributed by atoms with E-state index in [-0.39, 0.29) is 5.92 Å². The van der Waals surface area contributed by atoms with Crippen molar-refractivity contribution in [3.8, 4) is 0 Å². The molecule has 0 saturated carbocycles. The van der Waals surface area contributed by atoms with Gasteiger partial charge in [0.1, 0.15) is 5.78 Å². The number of hydrogen-bond donors (Lipinski definition) is 1. The highest BCUT2D eigenvalue weighted by atomic mass is 16.1. The van der Waals surface area contributed by atoms with Gasteiger partial charge in [0.2, 0.25) is 0 Å². The molecule has 1 unspecified atom stereocenters. The Balaban J connectivity index is 4.24. The summed E-state index contributed by atoms with van der Waals surface area (Å²) in [5, 5.41) is 3.57. The number of ketones is 1. The molecule has 0 spiro atoms.